The number of amides is 1. The maximum atomic E-state index is 14.9. The molecule has 0 aliphatic rings. The van der Waals surface area contributed by atoms with Crippen molar-refractivity contribution in [3.63, 3.8) is 0 Å². The van der Waals surface area contributed by atoms with Crippen molar-refractivity contribution in [3.05, 3.63) is 66.5 Å². The van der Waals surface area contributed by atoms with Crippen LogP contribution in [-0.4, -0.2) is 27.6 Å². The first-order chi connectivity index (χ1) is 12.1. The molecule has 0 fully saturated rings. The first kappa shape index (κ1) is 16.5. The highest BCUT2D eigenvalue weighted by molar-refractivity contribution is 5.94. The Kier molecular flexibility index (Phi) is 4.65. The molecule has 1 N–H and O–H groups in total. The summed E-state index contributed by atoms with van der Waals surface area (Å²) in [5.74, 6) is -1.31. The van der Waals surface area contributed by atoms with Crippen LogP contribution in [-0.2, 0) is 0 Å². The van der Waals surface area contributed by atoms with Gasteiger partial charge >= 0.3 is 6.09 Å². The minimum atomic E-state index is -1.33. The Balaban J connectivity index is 2.23. The number of halogens is 1. The van der Waals surface area contributed by atoms with Gasteiger partial charge in [0.2, 0.25) is 5.82 Å². The third kappa shape index (κ3) is 3.16. The zero-order valence-corrected chi connectivity index (χ0v) is 13.5. The first-order valence-electron chi connectivity index (χ1n) is 7.68. The van der Waals surface area contributed by atoms with Crippen LogP contribution in [0.4, 0.5) is 20.7 Å². The molecule has 128 valence electrons. The SMILES string of the molecule is CCOc1nn(-c2ccccc2)c(N(C(=O)O)c2ccccc2)c1F. The molecule has 0 bridgehead atoms. The number of carboxylic acid groups (broad SMARTS) is 1. The first-order valence-corrected chi connectivity index (χ1v) is 7.68. The Hall–Kier alpha value is -3.35. The van der Waals surface area contributed by atoms with Crippen LogP contribution in [0.1, 0.15) is 6.92 Å². The molecule has 0 atom stereocenters. The molecule has 7 heteroatoms. The number of ether oxygens (including phenoxy) is 1. The Morgan fingerprint density at radius 2 is 1.76 bits per heavy atom. The van der Waals surface area contributed by atoms with E-state index in [2.05, 4.69) is 5.10 Å². The summed E-state index contributed by atoms with van der Waals surface area (Å²) in [5.41, 5.74) is 0.818. The lowest BCUT2D eigenvalue weighted by Crippen LogP contribution is -2.27. The molecule has 0 unspecified atom stereocenters. The molecule has 0 saturated heterocycles. The fourth-order valence-corrected chi connectivity index (χ4v) is 2.44. The van der Waals surface area contributed by atoms with E-state index in [1.165, 1.54) is 4.68 Å². The highest BCUT2D eigenvalue weighted by Gasteiger charge is 2.30. The highest BCUT2D eigenvalue weighted by Crippen LogP contribution is 2.34. The van der Waals surface area contributed by atoms with Gasteiger partial charge in [0.25, 0.3) is 5.88 Å². The van der Waals surface area contributed by atoms with Crippen molar-refractivity contribution in [1.29, 1.82) is 0 Å². The summed E-state index contributed by atoms with van der Waals surface area (Å²) < 4.78 is 21.4. The Labute approximate surface area is 143 Å². The molecule has 1 amide bonds. The second kappa shape index (κ2) is 7.04. The van der Waals surface area contributed by atoms with Crippen molar-refractivity contribution >= 4 is 17.6 Å². The van der Waals surface area contributed by atoms with Crippen molar-refractivity contribution < 1.29 is 19.0 Å². The molecule has 25 heavy (non-hydrogen) atoms. The molecule has 3 rings (SSSR count). The number of nitrogens with zero attached hydrogens (tertiary/aromatic N) is 3. The van der Waals surface area contributed by atoms with Gasteiger partial charge in [0.1, 0.15) is 0 Å². The standard InChI is InChI=1S/C18H16FN3O3/c1-2-25-16-15(19)17(22(20-16)14-11-7-4-8-12-14)21(18(23)24)13-9-5-3-6-10-13/h3-12H,2H2,1H3,(H,23,24). The molecular formula is C18H16FN3O3. The van der Waals surface area contributed by atoms with Crippen molar-refractivity contribution in [2.45, 2.75) is 6.92 Å². The van der Waals surface area contributed by atoms with Gasteiger partial charge in [0.05, 0.1) is 18.0 Å². The number of rotatable bonds is 5. The quantitative estimate of drug-likeness (QED) is 0.754. The predicted octanol–water partition coefficient (Wildman–Crippen LogP) is 4.23. The smallest absolute Gasteiger partial charge is 0.417 e. The highest BCUT2D eigenvalue weighted by atomic mass is 19.1. The second-order valence-electron chi connectivity index (χ2n) is 5.08. The monoisotopic (exact) mass is 341 g/mol. The van der Waals surface area contributed by atoms with Crippen LogP contribution in [0.5, 0.6) is 5.88 Å². The van der Waals surface area contributed by atoms with E-state index in [1.807, 2.05) is 0 Å². The van der Waals surface area contributed by atoms with Gasteiger partial charge < -0.3 is 9.84 Å². The molecule has 3 aromatic rings. The van der Waals surface area contributed by atoms with Crippen LogP contribution >= 0.6 is 0 Å². The molecule has 0 aliphatic heterocycles. The lowest BCUT2D eigenvalue weighted by atomic mass is 10.3. The predicted molar refractivity (Wildman–Crippen MR) is 91.3 cm³/mol. The second-order valence-corrected chi connectivity index (χ2v) is 5.08. The maximum absolute atomic E-state index is 14.9. The van der Waals surface area contributed by atoms with Gasteiger partial charge in [0, 0.05) is 0 Å². The average Bonchev–Trinajstić information content (AvgIpc) is 2.94. The molecule has 1 aromatic heterocycles. The van der Waals surface area contributed by atoms with Crippen molar-refractivity contribution in [3.8, 4) is 11.6 Å². The molecule has 0 radical (unpaired) electrons. The average molecular weight is 341 g/mol. The maximum Gasteiger partial charge on any atom is 0.417 e. The fourth-order valence-electron chi connectivity index (χ4n) is 2.44. The fraction of sp³-hybridized carbons (Fsp3) is 0.111. The summed E-state index contributed by atoms with van der Waals surface area (Å²) in [4.78, 5) is 12.7. The summed E-state index contributed by atoms with van der Waals surface area (Å²) in [5, 5.41) is 13.8. The third-order valence-corrected chi connectivity index (χ3v) is 3.47. The molecule has 2 aromatic carbocycles. The zero-order chi connectivity index (χ0) is 17.8. The van der Waals surface area contributed by atoms with Crippen LogP contribution in [0, 0.1) is 5.82 Å². The third-order valence-electron chi connectivity index (χ3n) is 3.47. The van der Waals surface area contributed by atoms with Gasteiger partial charge in [-0.25, -0.2) is 14.4 Å². The number of benzene rings is 2. The van der Waals surface area contributed by atoms with Gasteiger partial charge in [-0.1, -0.05) is 36.4 Å². The van der Waals surface area contributed by atoms with Gasteiger partial charge in [-0.05, 0) is 31.2 Å². The topological polar surface area (TPSA) is 67.6 Å². The van der Waals surface area contributed by atoms with E-state index in [9.17, 15) is 14.3 Å². The summed E-state index contributed by atoms with van der Waals surface area (Å²) in [7, 11) is 0. The lowest BCUT2D eigenvalue weighted by Gasteiger charge is -2.20. The van der Waals surface area contributed by atoms with Gasteiger partial charge in [-0.3, -0.25) is 0 Å². The largest absolute Gasteiger partial charge is 0.475 e. The number of hydrogen-bond acceptors (Lipinski definition) is 3. The van der Waals surface area contributed by atoms with E-state index in [4.69, 9.17) is 4.74 Å². The minimum absolute atomic E-state index is 0.209. The van der Waals surface area contributed by atoms with Crippen LogP contribution in [0.2, 0.25) is 0 Å². The Morgan fingerprint density at radius 1 is 1.16 bits per heavy atom. The van der Waals surface area contributed by atoms with E-state index in [1.54, 1.807) is 67.6 Å². The number of hydrogen-bond donors (Lipinski definition) is 1. The van der Waals surface area contributed by atoms with E-state index in [0.717, 1.165) is 4.90 Å². The normalized spacial score (nSPS) is 10.5. The minimum Gasteiger partial charge on any atom is -0.475 e. The number of para-hydroxylation sites is 2. The van der Waals surface area contributed by atoms with Gasteiger partial charge in [0.15, 0.2) is 5.82 Å². The van der Waals surface area contributed by atoms with E-state index >= 15 is 0 Å². The van der Waals surface area contributed by atoms with Crippen LogP contribution in [0.3, 0.4) is 0 Å². The van der Waals surface area contributed by atoms with Crippen LogP contribution in [0.15, 0.2) is 60.7 Å². The summed E-state index contributed by atoms with van der Waals surface area (Å²) in [6.45, 7) is 1.91. The number of aromatic nitrogens is 2. The van der Waals surface area contributed by atoms with Crippen LogP contribution in [0.25, 0.3) is 5.69 Å². The van der Waals surface area contributed by atoms with E-state index < -0.39 is 11.9 Å². The molecular weight excluding hydrogens is 325 g/mol. The Bertz CT molecular complexity index is 866. The van der Waals surface area contributed by atoms with E-state index in [-0.39, 0.29) is 18.3 Å². The molecule has 0 aliphatic carbocycles. The summed E-state index contributed by atoms with van der Waals surface area (Å²) in [6.07, 6.45) is -1.33. The Morgan fingerprint density at radius 3 is 2.32 bits per heavy atom. The summed E-state index contributed by atoms with van der Waals surface area (Å²) in [6, 6.07) is 17.0. The number of anilines is 2. The lowest BCUT2D eigenvalue weighted by molar-refractivity contribution is 0.204. The van der Waals surface area contributed by atoms with Gasteiger partial charge in [-0.15, -0.1) is 5.10 Å². The molecule has 0 saturated carbocycles. The summed E-state index contributed by atoms with van der Waals surface area (Å²) >= 11 is 0. The molecule has 6 nitrogen and oxygen atoms in total. The van der Waals surface area contributed by atoms with Crippen molar-refractivity contribution in [1.82, 2.24) is 9.78 Å². The van der Waals surface area contributed by atoms with Crippen molar-refractivity contribution in [2.75, 3.05) is 11.5 Å². The van der Waals surface area contributed by atoms with Crippen molar-refractivity contribution in [2.24, 2.45) is 0 Å². The van der Waals surface area contributed by atoms with Crippen LogP contribution < -0.4 is 9.64 Å². The van der Waals surface area contributed by atoms with Gasteiger partial charge in [-0.2, -0.15) is 4.39 Å². The zero-order valence-electron chi connectivity index (χ0n) is 13.5. The molecule has 1 heterocycles. The number of carbonyl (C=O) groups is 1. The molecule has 0 spiro atoms. The van der Waals surface area contributed by atoms with E-state index in [0.29, 0.717) is 11.4 Å².